The van der Waals surface area contributed by atoms with Crippen molar-refractivity contribution >= 4 is 17.3 Å². The average Bonchev–Trinajstić information content (AvgIpc) is 2.30. The monoisotopic (exact) mass is 231 g/mol. The van der Waals surface area contributed by atoms with E-state index < -0.39 is 0 Å². The fourth-order valence-corrected chi connectivity index (χ4v) is 1.71. The molecule has 0 aliphatic heterocycles. The molecule has 0 aliphatic rings. The molecule has 0 saturated heterocycles. The number of hydrogen-bond acceptors (Lipinski definition) is 1. The van der Waals surface area contributed by atoms with Gasteiger partial charge in [0.15, 0.2) is 0 Å². The zero-order valence-corrected chi connectivity index (χ0v) is 9.96. The topological polar surface area (TPSA) is 12.0 Å². The molecule has 0 radical (unpaired) electrons. The quantitative estimate of drug-likeness (QED) is 0.832. The van der Waals surface area contributed by atoms with Crippen molar-refractivity contribution < 1.29 is 0 Å². The molecule has 0 amide bonds. The van der Waals surface area contributed by atoms with Crippen molar-refractivity contribution in [2.75, 3.05) is 5.32 Å². The zero-order valence-electron chi connectivity index (χ0n) is 9.20. The SMILES string of the molecule is Cc1ccc(NCc2ccccc2Cl)cc1. The van der Waals surface area contributed by atoms with Gasteiger partial charge in [-0.25, -0.2) is 0 Å². The van der Waals surface area contributed by atoms with Crippen molar-refractivity contribution in [3.05, 3.63) is 64.7 Å². The summed E-state index contributed by atoms with van der Waals surface area (Å²) in [4.78, 5) is 0. The summed E-state index contributed by atoms with van der Waals surface area (Å²) in [6.45, 7) is 2.83. The van der Waals surface area contributed by atoms with Crippen molar-refractivity contribution in [2.45, 2.75) is 13.5 Å². The summed E-state index contributed by atoms with van der Waals surface area (Å²) in [6.07, 6.45) is 0. The van der Waals surface area contributed by atoms with Crippen molar-refractivity contribution in [2.24, 2.45) is 0 Å². The minimum Gasteiger partial charge on any atom is -0.381 e. The van der Waals surface area contributed by atoms with Gasteiger partial charge in [0, 0.05) is 17.3 Å². The number of aryl methyl sites for hydroxylation is 1. The molecular formula is C14H14ClN. The van der Waals surface area contributed by atoms with Crippen LogP contribution in [-0.2, 0) is 6.54 Å². The third-order valence-corrected chi connectivity index (χ3v) is 2.86. The van der Waals surface area contributed by atoms with Crippen LogP contribution in [0.2, 0.25) is 5.02 Å². The molecule has 1 nitrogen and oxygen atoms in total. The Hall–Kier alpha value is -1.47. The van der Waals surface area contributed by atoms with Gasteiger partial charge in [0.2, 0.25) is 0 Å². The van der Waals surface area contributed by atoms with Crippen molar-refractivity contribution in [1.29, 1.82) is 0 Å². The van der Waals surface area contributed by atoms with Crippen LogP contribution in [0, 0.1) is 6.92 Å². The Kier molecular flexibility index (Phi) is 3.47. The highest BCUT2D eigenvalue weighted by Crippen LogP contribution is 2.17. The van der Waals surface area contributed by atoms with Crippen LogP contribution in [0.15, 0.2) is 48.5 Å². The molecule has 2 aromatic rings. The van der Waals surface area contributed by atoms with Crippen LogP contribution in [0.4, 0.5) is 5.69 Å². The summed E-state index contributed by atoms with van der Waals surface area (Å²) >= 11 is 6.08. The lowest BCUT2D eigenvalue weighted by molar-refractivity contribution is 1.15. The van der Waals surface area contributed by atoms with E-state index in [9.17, 15) is 0 Å². The second-order valence-electron chi connectivity index (χ2n) is 3.81. The molecule has 1 N–H and O–H groups in total. The van der Waals surface area contributed by atoms with Gasteiger partial charge in [0.1, 0.15) is 0 Å². The van der Waals surface area contributed by atoms with Crippen molar-refractivity contribution in [3.63, 3.8) is 0 Å². The van der Waals surface area contributed by atoms with E-state index >= 15 is 0 Å². The van der Waals surface area contributed by atoms with Gasteiger partial charge in [-0.2, -0.15) is 0 Å². The molecular weight excluding hydrogens is 218 g/mol. The Morgan fingerprint density at radius 3 is 2.38 bits per heavy atom. The maximum absolute atomic E-state index is 6.08. The first kappa shape index (κ1) is 11.0. The molecule has 0 spiro atoms. The van der Waals surface area contributed by atoms with Gasteiger partial charge in [-0.15, -0.1) is 0 Å². The van der Waals surface area contributed by atoms with E-state index in [-0.39, 0.29) is 0 Å². The number of rotatable bonds is 3. The number of anilines is 1. The lowest BCUT2D eigenvalue weighted by atomic mass is 10.2. The molecule has 0 bridgehead atoms. The first-order chi connectivity index (χ1) is 7.75. The Morgan fingerprint density at radius 1 is 1.00 bits per heavy atom. The molecule has 0 unspecified atom stereocenters. The first-order valence-corrected chi connectivity index (χ1v) is 5.67. The third-order valence-electron chi connectivity index (χ3n) is 2.49. The normalized spacial score (nSPS) is 10.1. The lowest BCUT2D eigenvalue weighted by Crippen LogP contribution is -1.99. The molecule has 2 rings (SSSR count). The van der Waals surface area contributed by atoms with E-state index in [1.807, 2.05) is 24.3 Å². The largest absolute Gasteiger partial charge is 0.381 e. The number of hydrogen-bond donors (Lipinski definition) is 1. The van der Waals surface area contributed by atoms with Crippen LogP contribution in [-0.4, -0.2) is 0 Å². The molecule has 0 saturated carbocycles. The van der Waals surface area contributed by atoms with E-state index in [0.717, 1.165) is 22.8 Å². The average molecular weight is 232 g/mol. The maximum Gasteiger partial charge on any atom is 0.0455 e. The summed E-state index contributed by atoms with van der Waals surface area (Å²) in [7, 11) is 0. The number of halogens is 1. The predicted molar refractivity (Wildman–Crippen MR) is 70.0 cm³/mol. The Labute approximate surface area is 101 Å². The van der Waals surface area contributed by atoms with Crippen LogP contribution in [0.25, 0.3) is 0 Å². The highest BCUT2D eigenvalue weighted by molar-refractivity contribution is 6.31. The smallest absolute Gasteiger partial charge is 0.0455 e. The van der Waals surface area contributed by atoms with Crippen LogP contribution in [0.3, 0.4) is 0 Å². The van der Waals surface area contributed by atoms with Crippen molar-refractivity contribution in [1.82, 2.24) is 0 Å². The predicted octanol–water partition coefficient (Wildman–Crippen LogP) is 4.26. The second kappa shape index (κ2) is 5.04. The molecule has 2 aromatic carbocycles. The van der Waals surface area contributed by atoms with Crippen LogP contribution in [0.1, 0.15) is 11.1 Å². The Morgan fingerprint density at radius 2 is 1.69 bits per heavy atom. The molecule has 82 valence electrons. The van der Waals surface area contributed by atoms with E-state index in [1.165, 1.54) is 5.56 Å². The van der Waals surface area contributed by atoms with Gasteiger partial charge < -0.3 is 5.32 Å². The fourth-order valence-electron chi connectivity index (χ4n) is 1.51. The van der Waals surface area contributed by atoms with Gasteiger partial charge in [-0.3, -0.25) is 0 Å². The summed E-state index contributed by atoms with van der Waals surface area (Å²) in [5.41, 5.74) is 3.50. The van der Waals surface area contributed by atoms with E-state index in [1.54, 1.807) is 0 Å². The Bertz CT molecular complexity index is 462. The lowest BCUT2D eigenvalue weighted by Gasteiger charge is -2.08. The molecule has 0 atom stereocenters. The summed E-state index contributed by atoms with van der Waals surface area (Å²) < 4.78 is 0. The first-order valence-electron chi connectivity index (χ1n) is 5.29. The van der Waals surface area contributed by atoms with Crippen LogP contribution >= 0.6 is 11.6 Å². The number of benzene rings is 2. The standard InChI is InChI=1S/C14H14ClN/c1-11-6-8-13(9-7-11)16-10-12-4-2-3-5-14(12)15/h2-9,16H,10H2,1H3. The van der Waals surface area contributed by atoms with E-state index in [4.69, 9.17) is 11.6 Å². The Balaban J connectivity index is 2.02. The van der Waals surface area contributed by atoms with Gasteiger partial charge in [-0.05, 0) is 30.7 Å². The van der Waals surface area contributed by atoms with Gasteiger partial charge in [-0.1, -0.05) is 47.5 Å². The zero-order chi connectivity index (χ0) is 11.4. The van der Waals surface area contributed by atoms with Crippen LogP contribution < -0.4 is 5.32 Å². The second-order valence-corrected chi connectivity index (χ2v) is 4.22. The number of nitrogens with one attached hydrogen (secondary N) is 1. The molecule has 0 fully saturated rings. The van der Waals surface area contributed by atoms with Crippen LogP contribution in [0.5, 0.6) is 0 Å². The fraction of sp³-hybridized carbons (Fsp3) is 0.143. The summed E-state index contributed by atoms with van der Waals surface area (Å²) in [5, 5.41) is 4.15. The van der Waals surface area contributed by atoms with Gasteiger partial charge in [0.05, 0.1) is 0 Å². The molecule has 16 heavy (non-hydrogen) atoms. The summed E-state index contributed by atoms with van der Waals surface area (Å²) in [5.74, 6) is 0. The maximum atomic E-state index is 6.08. The summed E-state index contributed by atoms with van der Waals surface area (Å²) in [6, 6.07) is 16.2. The van der Waals surface area contributed by atoms with Crippen molar-refractivity contribution in [3.8, 4) is 0 Å². The minimum atomic E-state index is 0.753. The minimum absolute atomic E-state index is 0.753. The van der Waals surface area contributed by atoms with E-state index in [0.29, 0.717) is 0 Å². The van der Waals surface area contributed by atoms with Gasteiger partial charge in [0.25, 0.3) is 0 Å². The van der Waals surface area contributed by atoms with E-state index in [2.05, 4.69) is 36.5 Å². The highest BCUT2D eigenvalue weighted by atomic mass is 35.5. The molecule has 0 aromatic heterocycles. The highest BCUT2D eigenvalue weighted by Gasteiger charge is 1.98. The van der Waals surface area contributed by atoms with Gasteiger partial charge >= 0.3 is 0 Å². The third kappa shape index (κ3) is 2.77. The molecule has 0 heterocycles. The molecule has 0 aliphatic carbocycles. The molecule has 2 heteroatoms.